The molecule has 30 heavy (non-hydrogen) atoms. The quantitative estimate of drug-likeness (QED) is 0.522. The monoisotopic (exact) mass is 425 g/mol. The van der Waals surface area contributed by atoms with Crippen LogP contribution in [0.2, 0.25) is 5.02 Å². The predicted octanol–water partition coefficient (Wildman–Crippen LogP) is 5.76. The lowest BCUT2D eigenvalue weighted by Crippen LogP contribution is -2.43. The molecule has 0 radical (unpaired) electrons. The van der Waals surface area contributed by atoms with Crippen molar-refractivity contribution in [2.24, 2.45) is 0 Å². The maximum absolute atomic E-state index is 12.4. The molecule has 0 spiro atoms. The van der Waals surface area contributed by atoms with Gasteiger partial charge in [0, 0.05) is 46.5 Å². The zero-order valence-corrected chi connectivity index (χ0v) is 18.6. The van der Waals surface area contributed by atoms with Gasteiger partial charge in [0.05, 0.1) is 11.9 Å². The molecule has 5 nitrogen and oxygen atoms in total. The average Bonchev–Trinajstić information content (AvgIpc) is 2.71. The molecule has 1 heterocycles. The number of aromatic nitrogens is 1. The van der Waals surface area contributed by atoms with E-state index in [2.05, 4.69) is 42.9 Å². The van der Waals surface area contributed by atoms with Crippen LogP contribution in [0.4, 0.5) is 4.79 Å². The van der Waals surface area contributed by atoms with Gasteiger partial charge in [0.25, 0.3) is 0 Å². The number of hydrogen-bond donors (Lipinski definition) is 1. The molecular formula is C24H28ClN3O2. The number of hydrogen-bond acceptors (Lipinski definition) is 4. The van der Waals surface area contributed by atoms with Gasteiger partial charge >= 0.3 is 6.09 Å². The Labute approximate surface area is 183 Å². The number of nitrogens with one attached hydrogen (secondary N) is 1. The van der Waals surface area contributed by atoms with Gasteiger partial charge < -0.3 is 10.1 Å². The van der Waals surface area contributed by atoms with E-state index in [0.717, 1.165) is 28.6 Å². The second-order valence-corrected chi connectivity index (χ2v) is 8.20. The number of nitrogens with zero attached hydrogens (tertiary/aromatic N) is 2. The van der Waals surface area contributed by atoms with Crippen LogP contribution in [0.15, 0.2) is 54.7 Å². The first kappa shape index (κ1) is 22.1. The minimum atomic E-state index is -0.478. The zero-order chi connectivity index (χ0) is 21.7. The van der Waals surface area contributed by atoms with Crippen LogP contribution in [0.3, 0.4) is 0 Å². The number of benzene rings is 2. The van der Waals surface area contributed by atoms with E-state index in [1.165, 1.54) is 0 Å². The zero-order valence-electron chi connectivity index (χ0n) is 17.9. The molecule has 0 fully saturated rings. The van der Waals surface area contributed by atoms with Gasteiger partial charge in [0.2, 0.25) is 0 Å². The molecule has 1 N–H and O–H groups in total. The molecule has 3 rings (SSSR count). The van der Waals surface area contributed by atoms with E-state index in [1.54, 1.807) is 6.20 Å². The van der Waals surface area contributed by atoms with Gasteiger partial charge in [-0.25, -0.2) is 4.79 Å². The van der Waals surface area contributed by atoms with Crippen LogP contribution in [-0.4, -0.2) is 41.2 Å². The van der Waals surface area contributed by atoms with E-state index in [1.807, 2.05) is 48.5 Å². The van der Waals surface area contributed by atoms with Crippen molar-refractivity contribution in [3.63, 3.8) is 0 Å². The highest BCUT2D eigenvalue weighted by atomic mass is 35.5. The Balaban J connectivity index is 1.75. The summed E-state index contributed by atoms with van der Waals surface area (Å²) in [4.78, 5) is 19.3. The number of carbonyl (C=O) groups excluding carboxylic acids is 1. The SMILES string of the molecule is CC(C)N(CCNC(=O)Oc1cnc(-c2ccc(Cl)cc2)c2ccccc12)C(C)C. The van der Waals surface area contributed by atoms with Crippen LogP contribution in [0, 0.1) is 0 Å². The highest BCUT2D eigenvalue weighted by molar-refractivity contribution is 6.30. The van der Waals surface area contributed by atoms with Crippen molar-refractivity contribution >= 4 is 28.5 Å². The van der Waals surface area contributed by atoms with Gasteiger partial charge in [-0.1, -0.05) is 48.0 Å². The van der Waals surface area contributed by atoms with E-state index in [9.17, 15) is 4.79 Å². The molecule has 0 aliphatic heterocycles. The Hall–Kier alpha value is -2.63. The highest BCUT2D eigenvalue weighted by Gasteiger charge is 2.15. The van der Waals surface area contributed by atoms with E-state index in [4.69, 9.17) is 16.3 Å². The summed E-state index contributed by atoms with van der Waals surface area (Å²) in [5.74, 6) is 0.436. The number of rotatable bonds is 7. The summed E-state index contributed by atoms with van der Waals surface area (Å²) < 4.78 is 5.59. The number of carbonyl (C=O) groups is 1. The first-order valence-corrected chi connectivity index (χ1v) is 10.6. The third-order valence-corrected chi connectivity index (χ3v) is 5.30. The van der Waals surface area contributed by atoms with Crippen molar-refractivity contribution in [2.75, 3.05) is 13.1 Å². The van der Waals surface area contributed by atoms with Crippen LogP contribution >= 0.6 is 11.6 Å². The lowest BCUT2D eigenvalue weighted by Gasteiger charge is -2.30. The smallest absolute Gasteiger partial charge is 0.408 e. The van der Waals surface area contributed by atoms with Gasteiger partial charge in [0.15, 0.2) is 5.75 Å². The first-order chi connectivity index (χ1) is 14.4. The topological polar surface area (TPSA) is 54.5 Å². The lowest BCUT2D eigenvalue weighted by atomic mass is 10.0. The van der Waals surface area contributed by atoms with Gasteiger partial charge in [-0.15, -0.1) is 0 Å². The Bertz CT molecular complexity index is 995. The molecule has 6 heteroatoms. The molecule has 0 unspecified atom stereocenters. The maximum Gasteiger partial charge on any atom is 0.412 e. The fraction of sp³-hybridized carbons (Fsp3) is 0.333. The molecule has 0 saturated carbocycles. The van der Waals surface area contributed by atoms with E-state index in [0.29, 0.717) is 29.4 Å². The number of ether oxygens (including phenoxy) is 1. The Morgan fingerprint density at radius 2 is 1.67 bits per heavy atom. The second-order valence-electron chi connectivity index (χ2n) is 7.77. The molecule has 0 bridgehead atoms. The molecular weight excluding hydrogens is 398 g/mol. The third-order valence-electron chi connectivity index (χ3n) is 5.04. The van der Waals surface area contributed by atoms with Gasteiger partial charge in [0.1, 0.15) is 0 Å². The van der Waals surface area contributed by atoms with Crippen molar-refractivity contribution in [3.05, 3.63) is 59.8 Å². The molecule has 1 aromatic heterocycles. The molecule has 2 aromatic carbocycles. The Kier molecular flexibility index (Phi) is 7.29. The summed E-state index contributed by atoms with van der Waals surface area (Å²) in [6.45, 7) is 9.88. The van der Waals surface area contributed by atoms with Crippen molar-refractivity contribution in [2.45, 2.75) is 39.8 Å². The van der Waals surface area contributed by atoms with Crippen LogP contribution in [-0.2, 0) is 0 Å². The summed E-state index contributed by atoms with van der Waals surface area (Å²) in [5, 5.41) is 5.26. The van der Waals surface area contributed by atoms with Crippen LogP contribution in [0.1, 0.15) is 27.7 Å². The molecule has 0 aliphatic carbocycles. The van der Waals surface area contributed by atoms with Crippen LogP contribution in [0.25, 0.3) is 22.0 Å². The second kappa shape index (κ2) is 9.92. The standard InChI is InChI=1S/C24H28ClN3O2/c1-16(2)28(17(3)4)14-13-26-24(29)30-22-15-27-23(18-9-11-19(25)12-10-18)21-8-6-5-7-20(21)22/h5-12,15-17H,13-14H2,1-4H3,(H,26,29). The molecule has 3 aromatic rings. The summed E-state index contributed by atoms with van der Waals surface area (Å²) in [6, 6.07) is 16.1. The normalized spacial score (nSPS) is 11.5. The van der Waals surface area contributed by atoms with E-state index >= 15 is 0 Å². The van der Waals surface area contributed by atoms with E-state index < -0.39 is 6.09 Å². The fourth-order valence-electron chi connectivity index (χ4n) is 3.62. The maximum atomic E-state index is 12.4. The van der Waals surface area contributed by atoms with Gasteiger partial charge in [-0.3, -0.25) is 9.88 Å². The lowest BCUT2D eigenvalue weighted by molar-refractivity contribution is 0.169. The third kappa shape index (κ3) is 5.29. The Morgan fingerprint density at radius 1 is 1.03 bits per heavy atom. The van der Waals surface area contributed by atoms with Crippen molar-refractivity contribution in [1.29, 1.82) is 0 Å². The van der Waals surface area contributed by atoms with Gasteiger partial charge in [-0.05, 0) is 39.8 Å². The molecule has 1 amide bonds. The average molecular weight is 426 g/mol. The van der Waals surface area contributed by atoms with Crippen LogP contribution in [0.5, 0.6) is 5.75 Å². The molecule has 158 valence electrons. The van der Waals surface area contributed by atoms with Crippen molar-refractivity contribution in [3.8, 4) is 17.0 Å². The molecule has 0 saturated heterocycles. The minimum absolute atomic E-state index is 0.413. The summed E-state index contributed by atoms with van der Waals surface area (Å²) in [5.41, 5.74) is 1.77. The number of fused-ring (bicyclic) bond motifs is 1. The van der Waals surface area contributed by atoms with Crippen molar-refractivity contribution in [1.82, 2.24) is 15.2 Å². The van der Waals surface area contributed by atoms with Crippen LogP contribution < -0.4 is 10.1 Å². The summed E-state index contributed by atoms with van der Waals surface area (Å²) in [6.07, 6.45) is 1.12. The summed E-state index contributed by atoms with van der Waals surface area (Å²) >= 11 is 6.01. The minimum Gasteiger partial charge on any atom is -0.408 e. The number of halogens is 1. The number of amides is 1. The number of pyridine rings is 1. The van der Waals surface area contributed by atoms with E-state index in [-0.39, 0.29) is 0 Å². The summed E-state index contributed by atoms with van der Waals surface area (Å²) in [7, 11) is 0. The molecule has 0 atom stereocenters. The molecule has 0 aliphatic rings. The first-order valence-electron chi connectivity index (χ1n) is 10.2. The predicted molar refractivity (Wildman–Crippen MR) is 123 cm³/mol. The largest absolute Gasteiger partial charge is 0.412 e. The fourth-order valence-corrected chi connectivity index (χ4v) is 3.75. The Morgan fingerprint density at radius 3 is 2.30 bits per heavy atom. The van der Waals surface area contributed by atoms with Gasteiger partial charge in [-0.2, -0.15) is 0 Å². The van der Waals surface area contributed by atoms with Crippen molar-refractivity contribution < 1.29 is 9.53 Å². The highest BCUT2D eigenvalue weighted by Crippen LogP contribution is 2.32.